The average molecular weight is 243 g/mol. The number of hydrogen-bond donors (Lipinski definition) is 0. The topological polar surface area (TPSA) is 85.7 Å². The molecule has 0 saturated carbocycles. The Balaban J connectivity index is 2.06. The van der Waals surface area contributed by atoms with E-state index in [-0.39, 0.29) is 24.9 Å². The summed E-state index contributed by atoms with van der Waals surface area (Å²) in [6, 6.07) is 0. The summed E-state index contributed by atoms with van der Waals surface area (Å²) in [7, 11) is 0. The quantitative estimate of drug-likeness (QED) is 0.426. The Bertz CT molecular complexity index is 330. The van der Waals surface area contributed by atoms with E-state index in [0.717, 1.165) is 0 Å². The van der Waals surface area contributed by atoms with Gasteiger partial charge in [0.1, 0.15) is 12.2 Å². The van der Waals surface area contributed by atoms with Crippen molar-refractivity contribution in [3.05, 3.63) is 10.4 Å². The maximum absolute atomic E-state index is 8.33. The predicted octanol–water partition coefficient (Wildman–Crippen LogP) is 1.58. The Morgan fingerprint density at radius 1 is 1.41 bits per heavy atom. The number of rotatable bonds is 4. The van der Waals surface area contributed by atoms with Crippen molar-refractivity contribution < 1.29 is 18.9 Å². The van der Waals surface area contributed by atoms with Gasteiger partial charge in [-0.05, 0) is 26.3 Å². The van der Waals surface area contributed by atoms with Crippen LogP contribution in [0.1, 0.15) is 20.8 Å². The number of hydrogen-bond acceptors (Lipinski definition) is 5. The summed E-state index contributed by atoms with van der Waals surface area (Å²) in [5.41, 5.74) is 8.33. The van der Waals surface area contributed by atoms with Crippen LogP contribution in [-0.2, 0) is 18.9 Å². The Hall–Kier alpha value is -0.850. The molecule has 2 rings (SSSR count). The molecule has 7 heteroatoms. The molecule has 0 aliphatic carbocycles. The summed E-state index contributed by atoms with van der Waals surface area (Å²) in [5, 5.41) is 3.51. The molecule has 0 aromatic rings. The van der Waals surface area contributed by atoms with E-state index >= 15 is 0 Å². The second-order valence-electron chi connectivity index (χ2n) is 4.48. The van der Waals surface area contributed by atoms with Crippen LogP contribution in [0.15, 0.2) is 5.11 Å². The van der Waals surface area contributed by atoms with E-state index in [0.29, 0.717) is 6.61 Å². The Morgan fingerprint density at radius 2 is 2.18 bits per heavy atom. The van der Waals surface area contributed by atoms with Crippen LogP contribution in [0.4, 0.5) is 0 Å². The number of azide groups is 1. The normalized spacial score (nSPS) is 38.8. The Kier molecular flexibility index (Phi) is 3.56. The summed E-state index contributed by atoms with van der Waals surface area (Å²) in [5.74, 6) is -0.659. The van der Waals surface area contributed by atoms with Crippen molar-refractivity contribution in [2.24, 2.45) is 5.11 Å². The minimum absolute atomic E-state index is 0.224. The van der Waals surface area contributed by atoms with E-state index in [1.54, 1.807) is 0 Å². The minimum atomic E-state index is -0.659. The average Bonchev–Trinajstić information content (AvgIpc) is 2.70. The number of ether oxygens (including phenoxy) is 4. The molecule has 4 atom stereocenters. The Labute approximate surface area is 99.6 Å². The van der Waals surface area contributed by atoms with Crippen LogP contribution >= 0.6 is 0 Å². The lowest BCUT2D eigenvalue weighted by atomic mass is 10.1. The molecular weight excluding hydrogens is 226 g/mol. The first-order valence-electron chi connectivity index (χ1n) is 5.71. The van der Waals surface area contributed by atoms with E-state index in [1.807, 2.05) is 20.8 Å². The second-order valence-corrected chi connectivity index (χ2v) is 4.48. The van der Waals surface area contributed by atoms with Crippen molar-refractivity contribution in [1.82, 2.24) is 0 Å². The molecule has 0 bridgehead atoms. The fourth-order valence-corrected chi connectivity index (χ4v) is 2.20. The van der Waals surface area contributed by atoms with Crippen LogP contribution in [0.5, 0.6) is 0 Å². The van der Waals surface area contributed by atoms with E-state index in [1.165, 1.54) is 0 Å². The number of fused-ring (bicyclic) bond motifs is 1. The van der Waals surface area contributed by atoms with Gasteiger partial charge in [0, 0.05) is 11.5 Å². The van der Waals surface area contributed by atoms with Crippen molar-refractivity contribution >= 4 is 0 Å². The molecule has 96 valence electrons. The maximum atomic E-state index is 8.33. The van der Waals surface area contributed by atoms with Crippen LogP contribution in [0.3, 0.4) is 0 Å². The molecule has 2 heterocycles. The van der Waals surface area contributed by atoms with Gasteiger partial charge in [0.25, 0.3) is 0 Å². The van der Waals surface area contributed by atoms with Gasteiger partial charge >= 0.3 is 0 Å². The molecule has 2 fully saturated rings. The highest BCUT2D eigenvalue weighted by Crippen LogP contribution is 2.38. The molecule has 7 nitrogen and oxygen atoms in total. The highest BCUT2D eigenvalue weighted by atomic mass is 16.8. The van der Waals surface area contributed by atoms with Gasteiger partial charge in [0.2, 0.25) is 0 Å². The first-order valence-corrected chi connectivity index (χ1v) is 5.71. The molecule has 0 aromatic carbocycles. The van der Waals surface area contributed by atoms with Gasteiger partial charge in [0.15, 0.2) is 12.1 Å². The van der Waals surface area contributed by atoms with Gasteiger partial charge in [-0.15, -0.1) is 0 Å². The second kappa shape index (κ2) is 4.80. The van der Waals surface area contributed by atoms with Crippen LogP contribution < -0.4 is 0 Å². The lowest BCUT2D eigenvalue weighted by Gasteiger charge is -2.24. The minimum Gasteiger partial charge on any atom is -0.373 e. The van der Waals surface area contributed by atoms with Gasteiger partial charge < -0.3 is 18.9 Å². The summed E-state index contributed by atoms with van der Waals surface area (Å²) in [4.78, 5) is 2.72. The van der Waals surface area contributed by atoms with Crippen LogP contribution in [0.2, 0.25) is 0 Å². The van der Waals surface area contributed by atoms with E-state index in [9.17, 15) is 0 Å². The number of nitrogens with zero attached hydrogens (tertiary/aromatic N) is 3. The standard InChI is InChI=1S/C10H17N3O4/c1-4-14-7-6(5-12-13-11)15-9-8(7)16-10(2,3)17-9/h6-9H,4-5H2,1-3H3/t6?,7-,8+,9+/m0/s1. The zero-order valence-electron chi connectivity index (χ0n) is 10.2. The van der Waals surface area contributed by atoms with Crippen LogP contribution in [0, 0.1) is 0 Å². The molecule has 2 saturated heterocycles. The molecule has 2 aliphatic rings. The molecule has 2 aliphatic heterocycles. The summed E-state index contributed by atoms with van der Waals surface area (Å²) in [6.07, 6.45) is -1.27. The van der Waals surface area contributed by atoms with Crippen molar-refractivity contribution in [1.29, 1.82) is 0 Å². The highest BCUT2D eigenvalue weighted by molar-refractivity contribution is 4.94. The van der Waals surface area contributed by atoms with Gasteiger partial charge in [0.05, 0.1) is 12.6 Å². The highest BCUT2D eigenvalue weighted by Gasteiger charge is 2.54. The van der Waals surface area contributed by atoms with Crippen molar-refractivity contribution in [2.75, 3.05) is 13.2 Å². The van der Waals surface area contributed by atoms with Gasteiger partial charge in [-0.3, -0.25) is 0 Å². The molecule has 0 aromatic heterocycles. The third-order valence-electron chi connectivity index (χ3n) is 2.77. The van der Waals surface area contributed by atoms with Gasteiger partial charge in [-0.25, -0.2) is 0 Å². The van der Waals surface area contributed by atoms with E-state index in [2.05, 4.69) is 10.0 Å². The van der Waals surface area contributed by atoms with Crippen LogP contribution in [0.25, 0.3) is 10.4 Å². The molecule has 1 unspecified atom stereocenters. The summed E-state index contributed by atoms with van der Waals surface area (Å²) in [6.45, 7) is 6.34. The van der Waals surface area contributed by atoms with Crippen molar-refractivity contribution in [3.63, 3.8) is 0 Å². The monoisotopic (exact) mass is 243 g/mol. The lowest BCUT2D eigenvalue weighted by molar-refractivity contribution is -0.216. The lowest BCUT2D eigenvalue weighted by Crippen LogP contribution is -2.38. The predicted molar refractivity (Wildman–Crippen MR) is 58.1 cm³/mol. The SMILES string of the molecule is CCO[C@H]1C(CN=[N+]=[N-])O[C@@H]2OC(C)(C)O[C@@H]21. The Morgan fingerprint density at radius 3 is 2.82 bits per heavy atom. The van der Waals surface area contributed by atoms with Crippen LogP contribution in [-0.4, -0.2) is 43.5 Å². The largest absolute Gasteiger partial charge is 0.373 e. The van der Waals surface area contributed by atoms with E-state index in [4.69, 9.17) is 24.5 Å². The fraction of sp³-hybridized carbons (Fsp3) is 1.00. The third-order valence-corrected chi connectivity index (χ3v) is 2.77. The van der Waals surface area contributed by atoms with E-state index < -0.39 is 12.1 Å². The smallest absolute Gasteiger partial charge is 0.190 e. The van der Waals surface area contributed by atoms with Crippen molar-refractivity contribution in [3.8, 4) is 0 Å². The molecule has 0 N–H and O–H groups in total. The first-order chi connectivity index (χ1) is 8.07. The summed E-state index contributed by atoms with van der Waals surface area (Å²) < 4.78 is 22.6. The molecular formula is C10H17N3O4. The zero-order valence-corrected chi connectivity index (χ0v) is 10.2. The zero-order chi connectivity index (χ0) is 12.5. The molecule has 0 amide bonds. The fourth-order valence-electron chi connectivity index (χ4n) is 2.20. The molecule has 0 radical (unpaired) electrons. The van der Waals surface area contributed by atoms with Gasteiger partial charge in [-0.2, -0.15) is 0 Å². The maximum Gasteiger partial charge on any atom is 0.190 e. The third kappa shape index (κ3) is 2.53. The molecule has 17 heavy (non-hydrogen) atoms. The van der Waals surface area contributed by atoms with Crippen molar-refractivity contribution in [2.45, 2.75) is 51.2 Å². The van der Waals surface area contributed by atoms with Gasteiger partial charge in [-0.1, -0.05) is 5.11 Å². The summed E-state index contributed by atoms with van der Waals surface area (Å²) >= 11 is 0. The first kappa shape index (κ1) is 12.6. The molecule has 0 spiro atoms.